The van der Waals surface area contributed by atoms with E-state index >= 15 is 0 Å². The number of anilines is 1. The lowest BCUT2D eigenvalue weighted by atomic mass is 10.1. The van der Waals surface area contributed by atoms with Crippen LogP contribution in [0.1, 0.15) is 12.6 Å². The first kappa shape index (κ1) is 19.5. The van der Waals surface area contributed by atoms with E-state index in [2.05, 4.69) is 5.10 Å². The van der Waals surface area contributed by atoms with Crippen molar-refractivity contribution < 1.29 is 33.4 Å². The highest BCUT2D eigenvalue weighted by molar-refractivity contribution is 6.00. The highest BCUT2D eigenvalue weighted by Gasteiger charge is 2.43. The quantitative estimate of drug-likeness (QED) is 0.759. The van der Waals surface area contributed by atoms with Crippen molar-refractivity contribution in [2.24, 2.45) is 0 Å². The third-order valence-corrected chi connectivity index (χ3v) is 4.16. The summed E-state index contributed by atoms with van der Waals surface area (Å²) in [4.78, 5) is 36.7. The van der Waals surface area contributed by atoms with Crippen molar-refractivity contribution in [2.45, 2.75) is 26.1 Å². The van der Waals surface area contributed by atoms with Crippen LogP contribution < -0.4 is 4.90 Å². The van der Waals surface area contributed by atoms with E-state index in [1.54, 1.807) is 25.1 Å². The molecule has 28 heavy (non-hydrogen) atoms. The van der Waals surface area contributed by atoms with Crippen LogP contribution >= 0.6 is 0 Å². The highest BCUT2D eigenvalue weighted by Crippen LogP contribution is 2.23. The van der Waals surface area contributed by atoms with Gasteiger partial charge in [0.2, 0.25) is 6.10 Å². The molecule has 9 nitrogen and oxygen atoms in total. The second-order valence-corrected chi connectivity index (χ2v) is 6.18. The summed E-state index contributed by atoms with van der Waals surface area (Å²) in [5.74, 6) is -3.10. The number of aliphatic carboxylic acids is 1. The molecule has 1 fully saturated rings. The van der Waals surface area contributed by atoms with E-state index in [4.69, 9.17) is 9.47 Å². The minimum atomic E-state index is -1.76. The van der Waals surface area contributed by atoms with E-state index in [1.165, 1.54) is 21.7 Å². The number of carboxylic acids is 1. The van der Waals surface area contributed by atoms with Gasteiger partial charge in [0.05, 0.1) is 18.8 Å². The molecule has 2 atom stereocenters. The summed E-state index contributed by atoms with van der Waals surface area (Å²) in [5, 5.41) is 13.7. The predicted octanol–water partition coefficient (Wildman–Crippen LogP) is 1.07. The molecular formula is C18H18FN3O6. The Kier molecular flexibility index (Phi) is 5.41. The van der Waals surface area contributed by atoms with E-state index in [0.717, 1.165) is 6.92 Å². The summed E-state index contributed by atoms with van der Waals surface area (Å²) in [6.45, 7) is 3.02. The Morgan fingerprint density at radius 3 is 2.64 bits per heavy atom. The number of amides is 1. The van der Waals surface area contributed by atoms with Crippen molar-refractivity contribution >= 4 is 23.7 Å². The van der Waals surface area contributed by atoms with Crippen LogP contribution in [0, 0.1) is 12.7 Å². The predicted molar refractivity (Wildman–Crippen MR) is 93.5 cm³/mol. The van der Waals surface area contributed by atoms with Gasteiger partial charge in [0.15, 0.2) is 11.9 Å². The van der Waals surface area contributed by atoms with Crippen LogP contribution in [0.15, 0.2) is 30.3 Å². The number of carbonyl (C=O) groups is 3. The van der Waals surface area contributed by atoms with Crippen LogP contribution in [0.5, 0.6) is 0 Å². The normalized spacial score (nSPS) is 18.0. The fourth-order valence-corrected chi connectivity index (χ4v) is 2.90. The number of esters is 1. The van der Waals surface area contributed by atoms with Gasteiger partial charge in [0.25, 0.3) is 5.91 Å². The van der Waals surface area contributed by atoms with Gasteiger partial charge in [-0.05, 0) is 31.2 Å². The summed E-state index contributed by atoms with van der Waals surface area (Å²) in [6.07, 6.45) is -3.24. The van der Waals surface area contributed by atoms with Gasteiger partial charge in [-0.2, -0.15) is 0 Å². The first-order valence-corrected chi connectivity index (χ1v) is 8.43. The monoisotopic (exact) mass is 391 g/mol. The summed E-state index contributed by atoms with van der Waals surface area (Å²) in [6, 6.07) is 7.32. The number of rotatable bonds is 5. The first-order valence-electron chi connectivity index (χ1n) is 8.43. The number of benzene rings is 1. The van der Waals surface area contributed by atoms with E-state index in [9.17, 15) is 23.9 Å². The molecule has 3 rings (SSSR count). The zero-order valence-electron chi connectivity index (χ0n) is 15.2. The lowest BCUT2D eigenvalue weighted by molar-refractivity contribution is -0.177. The second kappa shape index (κ2) is 7.77. The van der Waals surface area contributed by atoms with Crippen LogP contribution in [0.25, 0.3) is 5.69 Å². The van der Waals surface area contributed by atoms with E-state index < -0.39 is 30.1 Å². The molecule has 1 N–H and O–H groups in total. The third-order valence-electron chi connectivity index (χ3n) is 4.16. The molecule has 10 heteroatoms. The molecule has 0 saturated carbocycles. The Hall–Kier alpha value is -3.27. The van der Waals surface area contributed by atoms with Gasteiger partial charge in [0, 0.05) is 18.7 Å². The smallest absolute Gasteiger partial charge is 0.348 e. The van der Waals surface area contributed by atoms with Crippen LogP contribution in [0.4, 0.5) is 10.2 Å². The highest BCUT2D eigenvalue weighted by atomic mass is 19.1. The topological polar surface area (TPSA) is 111 Å². The van der Waals surface area contributed by atoms with Crippen molar-refractivity contribution in [2.75, 3.05) is 18.1 Å². The molecular weight excluding hydrogens is 373 g/mol. The number of hydrogen-bond donors (Lipinski definition) is 1. The van der Waals surface area contributed by atoms with E-state index in [1.807, 2.05) is 0 Å². The molecule has 1 saturated heterocycles. The van der Waals surface area contributed by atoms with E-state index in [0.29, 0.717) is 11.4 Å². The van der Waals surface area contributed by atoms with Crippen LogP contribution in [0.2, 0.25) is 0 Å². The fourth-order valence-electron chi connectivity index (χ4n) is 2.90. The molecule has 1 aliphatic rings. The molecule has 2 aromatic rings. The Morgan fingerprint density at radius 1 is 1.36 bits per heavy atom. The third kappa shape index (κ3) is 3.86. The van der Waals surface area contributed by atoms with Gasteiger partial charge in [-0.1, -0.05) is 0 Å². The van der Waals surface area contributed by atoms with Crippen LogP contribution in [-0.4, -0.2) is 58.1 Å². The number of aromatic nitrogens is 2. The van der Waals surface area contributed by atoms with Crippen LogP contribution in [-0.2, 0) is 23.9 Å². The molecule has 1 aliphatic heterocycles. The lowest BCUT2D eigenvalue weighted by Gasteiger charge is -2.33. The fraction of sp³-hybridized carbons (Fsp3) is 0.333. The Morgan fingerprint density at radius 2 is 2.04 bits per heavy atom. The number of hydrogen-bond acceptors (Lipinski definition) is 6. The molecule has 1 amide bonds. The van der Waals surface area contributed by atoms with Gasteiger partial charge < -0.3 is 14.6 Å². The minimum Gasteiger partial charge on any atom is -0.478 e. The maximum Gasteiger partial charge on any atom is 0.348 e. The van der Waals surface area contributed by atoms with Crippen molar-refractivity contribution in [1.82, 2.24) is 9.78 Å². The Labute approximate surface area is 159 Å². The molecule has 0 aliphatic carbocycles. The van der Waals surface area contributed by atoms with Gasteiger partial charge in [-0.25, -0.2) is 13.9 Å². The summed E-state index contributed by atoms with van der Waals surface area (Å²) in [7, 11) is 0. The number of halogens is 1. The van der Waals surface area contributed by atoms with E-state index in [-0.39, 0.29) is 24.8 Å². The molecule has 1 aromatic carbocycles. The average molecular weight is 391 g/mol. The summed E-state index contributed by atoms with van der Waals surface area (Å²) >= 11 is 0. The zero-order valence-corrected chi connectivity index (χ0v) is 15.2. The van der Waals surface area contributed by atoms with Gasteiger partial charge in [-0.3, -0.25) is 14.5 Å². The largest absolute Gasteiger partial charge is 0.478 e. The SMILES string of the molecule is CC(=O)OC(C(=O)O)[C@H]1OCCN(c2cc(C)n(-c3ccc(F)cc3)n2)C1=O. The van der Waals surface area contributed by atoms with Crippen LogP contribution in [0.3, 0.4) is 0 Å². The van der Waals surface area contributed by atoms with Crippen molar-refractivity contribution in [3.63, 3.8) is 0 Å². The number of aryl methyl sites for hydroxylation is 1. The zero-order chi connectivity index (χ0) is 20.4. The first-order chi connectivity index (χ1) is 13.3. The molecule has 2 heterocycles. The maximum atomic E-state index is 13.1. The molecule has 1 aromatic heterocycles. The molecule has 0 radical (unpaired) electrons. The minimum absolute atomic E-state index is 0.0455. The number of ether oxygens (including phenoxy) is 2. The average Bonchev–Trinajstić information content (AvgIpc) is 3.02. The molecule has 0 bridgehead atoms. The summed E-state index contributed by atoms with van der Waals surface area (Å²) < 4.78 is 24.7. The lowest BCUT2D eigenvalue weighted by Crippen LogP contribution is -2.55. The molecule has 0 spiro atoms. The van der Waals surface area contributed by atoms with Gasteiger partial charge >= 0.3 is 11.9 Å². The van der Waals surface area contributed by atoms with Gasteiger partial charge in [-0.15, -0.1) is 5.10 Å². The number of nitrogens with zero attached hydrogens (tertiary/aromatic N) is 3. The number of carboxylic acid groups (broad SMARTS) is 1. The number of carbonyl (C=O) groups excluding carboxylic acids is 2. The maximum absolute atomic E-state index is 13.1. The summed E-state index contributed by atoms with van der Waals surface area (Å²) in [5.41, 5.74) is 1.29. The Bertz CT molecular complexity index is 911. The van der Waals surface area contributed by atoms with Crippen molar-refractivity contribution in [3.8, 4) is 5.69 Å². The molecule has 148 valence electrons. The van der Waals surface area contributed by atoms with Crippen molar-refractivity contribution in [1.29, 1.82) is 0 Å². The number of morpholine rings is 1. The Balaban J connectivity index is 1.88. The van der Waals surface area contributed by atoms with Crippen molar-refractivity contribution in [3.05, 3.63) is 41.8 Å². The second-order valence-electron chi connectivity index (χ2n) is 6.18. The standard InChI is InChI=1S/C18H18FN3O6/c1-10-9-14(20-22(10)13-5-3-12(19)4-6-13)21-7-8-27-15(17(21)24)16(18(25)26)28-11(2)23/h3-6,9,15-16H,7-8H2,1-2H3,(H,25,26)/t15-,16?/m1/s1. The van der Waals surface area contributed by atoms with Gasteiger partial charge in [0.1, 0.15) is 5.82 Å². The molecule has 1 unspecified atom stereocenters.